The number of alkyl halides is 3. The maximum Gasteiger partial charge on any atom is 0.416 e. The van der Waals surface area contributed by atoms with Crippen molar-refractivity contribution in [2.75, 3.05) is 0 Å². The van der Waals surface area contributed by atoms with Gasteiger partial charge in [-0.1, -0.05) is 17.7 Å². The molecule has 136 valence electrons. The number of rotatable bonds is 5. The molecule has 0 N–H and O–H groups in total. The summed E-state index contributed by atoms with van der Waals surface area (Å²) in [7, 11) is 0. The van der Waals surface area contributed by atoms with Crippen molar-refractivity contribution in [3.8, 4) is 11.5 Å². The van der Waals surface area contributed by atoms with Crippen LogP contribution >= 0.6 is 11.6 Å². The zero-order valence-corrected chi connectivity index (χ0v) is 13.3. The zero-order chi connectivity index (χ0) is 19.5. The van der Waals surface area contributed by atoms with Crippen LogP contribution in [0.5, 0.6) is 11.5 Å². The van der Waals surface area contributed by atoms with Crippen molar-refractivity contribution in [3.05, 3.63) is 79.0 Å². The lowest BCUT2D eigenvalue weighted by molar-refractivity contribution is -0.400. The molecule has 0 fully saturated rings. The summed E-state index contributed by atoms with van der Waals surface area (Å²) in [5.41, 5.74) is -1.71. The Morgan fingerprint density at radius 2 is 1.69 bits per heavy atom. The van der Waals surface area contributed by atoms with Gasteiger partial charge in [-0.05, 0) is 29.8 Å². The van der Waals surface area contributed by atoms with E-state index in [9.17, 15) is 33.4 Å². The molecule has 2 aromatic carbocycles. The highest BCUT2D eigenvalue weighted by Gasteiger charge is 2.33. The Bertz CT molecular complexity index is 899. The van der Waals surface area contributed by atoms with E-state index >= 15 is 0 Å². The maximum absolute atomic E-state index is 12.7. The molecule has 0 spiro atoms. The van der Waals surface area contributed by atoms with Gasteiger partial charge in [-0.15, -0.1) is 0 Å². The fraction of sp³-hybridized carbons (Fsp3) is 0.0667. The molecule has 0 aliphatic heterocycles. The Morgan fingerprint density at radius 1 is 1.04 bits per heavy atom. The normalized spacial score (nSPS) is 11.5. The highest BCUT2D eigenvalue weighted by Crippen LogP contribution is 2.39. The standard InChI is InChI=1S/C15H8ClF3N2O5/c16-11-7-9(5-6-20(22)23)1-3-13(11)26-14-4-2-10(15(17,18)19)8-12(14)21(24)25/h1-8H/b6-5+. The van der Waals surface area contributed by atoms with E-state index in [1.54, 1.807) is 0 Å². The number of ether oxygens (including phenoxy) is 1. The average molecular weight is 389 g/mol. The fourth-order valence-corrected chi connectivity index (χ4v) is 2.12. The minimum absolute atomic E-state index is 0.0373. The van der Waals surface area contributed by atoms with Crippen LogP contribution in [-0.4, -0.2) is 9.85 Å². The molecule has 0 atom stereocenters. The summed E-state index contributed by atoms with van der Waals surface area (Å²) in [6.07, 6.45) is -2.89. The van der Waals surface area contributed by atoms with Crippen LogP contribution in [-0.2, 0) is 6.18 Å². The maximum atomic E-state index is 12.7. The summed E-state index contributed by atoms with van der Waals surface area (Å²) in [5, 5.41) is 21.3. The van der Waals surface area contributed by atoms with Gasteiger partial charge in [0, 0.05) is 12.1 Å². The molecule has 0 saturated carbocycles. The largest absolute Gasteiger partial charge is 0.449 e. The smallest absolute Gasteiger partial charge is 0.416 e. The van der Waals surface area contributed by atoms with Crippen LogP contribution < -0.4 is 4.74 Å². The van der Waals surface area contributed by atoms with Gasteiger partial charge in [0.25, 0.3) is 0 Å². The monoisotopic (exact) mass is 388 g/mol. The van der Waals surface area contributed by atoms with Gasteiger partial charge in [0.2, 0.25) is 11.9 Å². The first-order chi connectivity index (χ1) is 12.1. The number of halogens is 4. The summed E-state index contributed by atoms with van der Waals surface area (Å²) < 4.78 is 43.3. The van der Waals surface area contributed by atoms with Crippen LogP contribution in [0.1, 0.15) is 11.1 Å². The zero-order valence-electron chi connectivity index (χ0n) is 12.6. The summed E-state index contributed by atoms with van der Waals surface area (Å²) in [4.78, 5) is 19.6. The van der Waals surface area contributed by atoms with E-state index in [-0.39, 0.29) is 10.8 Å². The minimum atomic E-state index is -4.74. The second kappa shape index (κ2) is 7.40. The van der Waals surface area contributed by atoms with Crippen molar-refractivity contribution in [2.24, 2.45) is 0 Å². The lowest BCUT2D eigenvalue weighted by Gasteiger charge is -2.11. The lowest BCUT2D eigenvalue weighted by atomic mass is 10.1. The molecule has 0 unspecified atom stereocenters. The highest BCUT2D eigenvalue weighted by atomic mass is 35.5. The second-order valence-electron chi connectivity index (χ2n) is 4.83. The molecule has 0 radical (unpaired) electrons. The van der Waals surface area contributed by atoms with Crippen LogP contribution in [0.2, 0.25) is 5.02 Å². The number of benzene rings is 2. The number of hydrogen-bond acceptors (Lipinski definition) is 5. The molecule has 2 aromatic rings. The molecule has 0 aliphatic rings. The first-order valence-corrected chi connectivity index (χ1v) is 7.10. The molecule has 0 bridgehead atoms. The van der Waals surface area contributed by atoms with Crippen molar-refractivity contribution in [2.45, 2.75) is 6.18 Å². The molecule has 0 saturated heterocycles. The Morgan fingerprint density at radius 3 is 2.23 bits per heavy atom. The van der Waals surface area contributed by atoms with Gasteiger partial charge < -0.3 is 4.74 Å². The molecule has 0 aliphatic carbocycles. The van der Waals surface area contributed by atoms with Crippen LogP contribution in [0.25, 0.3) is 6.08 Å². The van der Waals surface area contributed by atoms with E-state index < -0.39 is 33.0 Å². The Hall–Kier alpha value is -3.14. The van der Waals surface area contributed by atoms with Gasteiger partial charge >= 0.3 is 11.9 Å². The summed E-state index contributed by atoms with van der Waals surface area (Å²) in [6, 6.07) is 5.78. The molecule has 0 amide bonds. The summed E-state index contributed by atoms with van der Waals surface area (Å²) in [5.74, 6) is -0.494. The van der Waals surface area contributed by atoms with E-state index in [2.05, 4.69) is 0 Å². The number of nitrogens with zero attached hydrogens (tertiary/aromatic N) is 2. The molecular formula is C15H8ClF3N2O5. The molecule has 2 rings (SSSR count). The average Bonchev–Trinajstić information content (AvgIpc) is 2.54. The van der Waals surface area contributed by atoms with Crippen molar-refractivity contribution in [1.29, 1.82) is 0 Å². The van der Waals surface area contributed by atoms with Crippen LogP contribution in [0.4, 0.5) is 18.9 Å². The molecule has 11 heteroatoms. The number of hydrogen-bond donors (Lipinski definition) is 0. The molecular weight excluding hydrogens is 381 g/mol. The summed E-state index contributed by atoms with van der Waals surface area (Å²) >= 11 is 5.95. The highest BCUT2D eigenvalue weighted by molar-refractivity contribution is 6.32. The van der Waals surface area contributed by atoms with E-state index in [4.69, 9.17) is 16.3 Å². The number of nitro groups is 2. The lowest BCUT2D eigenvalue weighted by Crippen LogP contribution is -2.06. The third-order valence-electron chi connectivity index (χ3n) is 3.05. The quantitative estimate of drug-likeness (QED) is 0.511. The minimum Gasteiger partial charge on any atom is -0.449 e. The molecule has 7 nitrogen and oxygen atoms in total. The van der Waals surface area contributed by atoms with Crippen LogP contribution in [0, 0.1) is 20.2 Å². The topological polar surface area (TPSA) is 95.5 Å². The van der Waals surface area contributed by atoms with Crippen molar-refractivity contribution < 1.29 is 27.8 Å². The third-order valence-corrected chi connectivity index (χ3v) is 3.34. The van der Waals surface area contributed by atoms with Crippen LogP contribution in [0.3, 0.4) is 0 Å². The van der Waals surface area contributed by atoms with Crippen LogP contribution in [0.15, 0.2) is 42.6 Å². The van der Waals surface area contributed by atoms with Crippen molar-refractivity contribution in [3.63, 3.8) is 0 Å². The van der Waals surface area contributed by atoms with Gasteiger partial charge in [-0.25, -0.2) is 0 Å². The molecule has 0 aromatic heterocycles. The Kier molecular flexibility index (Phi) is 5.46. The van der Waals surface area contributed by atoms with Gasteiger partial charge in [-0.2, -0.15) is 13.2 Å². The van der Waals surface area contributed by atoms with Crippen molar-refractivity contribution in [1.82, 2.24) is 0 Å². The van der Waals surface area contributed by atoms with E-state index in [0.717, 1.165) is 12.1 Å². The SMILES string of the molecule is O=[N+]([O-])/C=C/c1ccc(Oc2ccc(C(F)(F)F)cc2[N+](=O)[O-])c(Cl)c1. The van der Waals surface area contributed by atoms with Gasteiger partial charge in [0.15, 0.2) is 0 Å². The van der Waals surface area contributed by atoms with Gasteiger partial charge in [-0.3, -0.25) is 20.2 Å². The first kappa shape index (κ1) is 19.2. The molecule has 26 heavy (non-hydrogen) atoms. The predicted molar refractivity (Wildman–Crippen MR) is 85.7 cm³/mol. The van der Waals surface area contributed by atoms with Crippen molar-refractivity contribution >= 4 is 23.4 Å². The second-order valence-corrected chi connectivity index (χ2v) is 5.24. The molecule has 0 heterocycles. The Labute approximate surface area is 148 Å². The van der Waals surface area contributed by atoms with E-state index in [0.29, 0.717) is 23.9 Å². The third kappa shape index (κ3) is 4.70. The Balaban J connectivity index is 2.36. The fourth-order valence-electron chi connectivity index (χ4n) is 1.89. The number of nitro benzene ring substituents is 1. The summed E-state index contributed by atoms with van der Waals surface area (Å²) in [6.45, 7) is 0. The predicted octanol–water partition coefficient (Wildman–Crippen LogP) is 5.31. The van der Waals surface area contributed by atoms with E-state index in [1.165, 1.54) is 18.2 Å². The van der Waals surface area contributed by atoms with E-state index in [1.807, 2.05) is 0 Å². The first-order valence-electron chi connectivity index (χ1n) is 6.72. The van der Waals surface area contributed by atoms with Gasteiger partial charge in [0.05, 0.1) is 20.4 Å². The van der Waals surface area contributed by atoms with Gasteiger partial charge in [0.1, 0.15) is 5.75 Å².